The summed E-state index contributed by atoms with van der Waals surface area (Å²) in [6, 6.07) is 0.497. The number of nitrogens with one attached hydrogen (secondary N) is 1. The average molecular weight is 155 g/mol. The van der Waals surface area contributed by atoms with E-state index < -0.39 is 0 Å². The average Bonchev–Trinajstić information content (AvgIpc) is 1.94. The van der Waals surface area contributed by atoms with Crippen molar-refractivity contribution in [3.05, 3.63) is 0 Å². The first-order valence-electron chi connectivity index (χ1n) is 4.54. The number of rotatable bonds is 3. The van der Waals surface area contributed by atoms with Crippen LogP contribution in [-0.4, -0.2) is 11.9 Å². The Hall–Kier alpha value is -0.530. The van der Waals surface area contributed by atoms with Gasteiger partial charge in [-0.2, -0.15) is 0 Å². The highest BCUT2D eigenvalue weighted by Crippen LogP contribution is 2.18. The Morgan fingerprint density at radius 1 is 1.64 bits per heavy atom. The number of hydrogen-bond donors (Lipinski definition) is 1. The van der Waals surface area contributed by atoms with Crippen LogP contribution in [0.3, 0.4) is 0 Å². The molecule has 1 N–H and O–H groups in total. The molecule has 2 nitrogen and oxygen atoms in total. The van der Waals surface area contributed by atoms with E-state index in [1.165, 1.54) is 19.3 Å². The topological polar surface area (TPSA) is 29.1 Å². The lowest BCUT2D eigenvalue weighted by Gasteiger charge is -2.27. The Kier molecular flexibility index (Phi) is 2.92. The summed E-state index contributed by atoms with van der Waals surface area (Å²) in [4.78, 5) is 11.3. The van der Waals surface area contributed by atoms with Crippen molar-refractivity contribution >= 4 is 5.91 Å². The van der Waals surface area contributed by atoms with Crippen LogP contribution in [0.5, 0.6) is 0 Å². The van der Waals surface area contributed by atoms with Crippen molar-refractivity contribution in [3.63, 3.8) is 0 Å². The lowest BCUT2D eigenvalue weighted by molar-refractivity contribution is -0.125. The molecule has 1 atom stereocenters. The molecule has 0 aromatic heterocycles. The standard InChI is InChI=1S/C9H17NO/c1-3-7(2)9(11)10-8-5-4-6-8/h7-8H,3-6H2,1-2H3,(H,10,11)/t7-/m1/s1. The van der Waals surface area contributed by atoms with Crippen LogP contribution in [0.4, 0.5) is 0 Å². The van der Waals surface area contributed by atoms with Crippen molar-refractivity contribution in [2.75, 3.05) is 0 Å². The molecule has 2 heteroatoms. The van der Waals surface area contributed by atoms with Crippen molar-refractivity contribution in [2.24, 2.45) is 5.92 Å². The van der Waals surface area contributed by atoms with Gasteiger partial charge in [-0.25, -0.2) is 0 Å². The molecule has 0 aromatic rings. The van der Waals surface area contributed by atoms with Crippen molar-refractivity contribution in [1.82, 2.24) is 5.32 Å². The molecule has 1 saturated carbocycles. The molecule has 1 fully saturated rings. The lowest BCUT2D eigenvalue weighted by Crippen LogP contribution is -2.41. The molecule has 0 radical (unpaired) electrons. The van der Waals surface area contributed by atoms with Crippen LogP contribution in [-0.2, 0) is 4.79 Å². The molecule has 0 unspecified atom stereocenters. The second kappa shape index (κ2) is 3.74. The molecule has 64 valence electrons. The van der Waals surface area contributed by atoms with Crippen LogP contribution in [0.2, 0.25) is 0 Å². The highest BCUT2D eigenvalue weighted by Gasteiger charge is 2.21. The smallest absolute Gasteiger partial charge is 0.223 e. The molecule has 0 bridgehead atoms. The molecule has 11 heavy (non-hydrogen) atoms. The second-order valence-electron chi connectivity index (χ2n) is 3.45. The predicted octanol–water partition coefficient (Wildman–Crippen LogP) is 1.70. The van der Waals surface area contributed by atoms with Crippen molar-refractivity contribution < 1.29 is 4.79 Å². The third kappa shape index (κ3) is 2.21. The van der Waals surface area contributed by atoms with Gasteiger partial charge in [0, 0.05) is 12.0 Å². The zero-order valence-corrected chi connectivity index (χ0v) is 7.39. The number of amides is 1. The Morgan fingerprint density at radius 3 is 2.64 bits per heavy atom. The Morgan fingerprint density at radius 2 is 2.27 bits per heavy atom. The molecule has 0 heterocycles. The fourth-order valence-corrected chi connectivity index (χ4v) is 1.08. The molecule has 1 rings (SSSR count). The first-order valence-corrected chi connectivity index (χ1v) is 4.54. The third-order valence-electron chi connectivity index (χ3n) is 2.51. The zero-order chi connectivity index (χ0) is 8.27. The van der Waals surface area contributed by atoms with E-state index in [4.69, 9.17) is 0 Å². The summed E-state index contributed by atoms with van der Waals surface area (Å²) in [5.74, 6) is 0.424. The molecule has 0 saturated heterocycles. The molecule has 0 aromatic carbocycles. The van der Waals surface area contributed by atoms with Crippen LogP contribution in [0.25, 0.3) is 0 Å². The number of hydrogen-bond acceptors (Lipinski definition) is 1. The minimum Gasteiger partial charge on any atom is -0.353 e. The summed E-state index contributed by atoms with van der Waals surface area (Å²) in [6.45, 7) is 4.03. The maximum Gasteiger partial charge on any atom is 0.223 e. The van der Waals surface area contributed by atoms with E-state index in [9.17, 15) is 4.79 Å². The van der Waals surface area contributed by atoms with E-state index in [2.05, 4.69) is 5.32 Å². The summed E-state index contributed by atoms with van der Waals surface area (Å²) in [7, 11) is 0. The zero-order valence-electron chi connectivity index (χ0n) is 7.39. The first-order chi connectivity index (χ1) is 5.24. The van der Waals surface area contributed by atoms with Crippen molar-refractivity contribution in [2.45, 2.75) is 45.6 Å². The van der Waals surface area contributed by atoms with Gasteiger partial charge < -0.3 is 5.32 Å². The molecule has 1 amide bonds. The largest absolute Gasteiger partial charge is 0.353 e. The molecular weight excluding hydrogens is 138 g/mol. The Balaban J connectivity index is 2.19. The number of carbonyl (C=O) groups excluding carboxylic acids is 1. The van der Waals surface area contributed by atoms with Gasteiger partial charge in [-0.1, -0.05) is 13.8 Å². The fourth-order valence-electron chi connectivity index (χ4n) is 1.08. The summed E-state index contributed by atoms with van der Waals surface area (Å²) in [5, 5.41) is 3.03. The summed E-state index contributed by atoms with van der Waals surface area (Å²) in [5.41, 5.74) is 0. The third-order valence-corrected chi connectivity index (χ3v) is 2.51. The van der Waals surface area contributed by atoms with Crippen LogP contribution >= 0.6 is 0 Å². The van der Waals surface area contributed by atoms with Crippen LogP contribution < -0.4 is 5.32 Å². The van der Waals surface area contributed by atoms with E-state index in [-0.39, 0.29) is 11.8 Å². The van der Waals surface area contributed by atoms with E-state index in [0.29, 0.717) is 6.04 Å². The Labute approximate surface area is 68.4 Å². The maximum atomic E-state index is 11.3. The second-order valence-corrected chi connectivity index (χ2v) is 3.45. The van der Waals surface area contributed by atoms with Gasteiger partial charge in [-0.15, -0.1) is 0 Å². The van der Waals surface area contributed by atoms with Gasteiger partial charge in [-0.3, -0.25) is 4.79 Å². The van der Waals surface area contributed by atoms with E-state index in [1.54, 1.807) is 0 Å². The van der Waals surface area contributed by atoms with E-state index in [1.807, 2.05) is 13.8 Å². The fraction of sp³-hybridized carbons (Fsp3) is 0.889. The van der Waals surface area contributed by atoms with Crippen LogP contribution in [0.1, 0.15) is 39.5 Å². The first kappa shape index (κ1) is 8.57. The number of carbonyl (C=O) groups is 1. The monoisotopic (exact) mass is 155 g/mol. The summed E-state index contributed by atoms with van der Waals surface area (Å²) < 4.78 is 0. The van der Waals surface area contributed by atoms with Gasteiger partial charge in [0.15, 0.2) is 0 Å². The minimum absolute atomic E-state index is 0.190. The lowest BCUT2D eigenvalue weighted by atomic mass is 9.92. The minimum atomic E-state index is 0.190. The van der Waals surface area contributed by atoms with Crippen molar-refractivity contribution in [1.29, 1.82) is 0 Å². The quantitative estimate of drug-likeness (QED) is 0.660. The Bertz CT molecular complexity index is 140. The molecule has 1 aliphatic rings. The van der Waals surface area contributed by atoms with Crippen LogP contribution in [0.15, 0.2) is 0 Å². The molecular formula is C9H17NO. The summed E-state index contributed by atoms with van der Waals surface area (Å²) in [6.07, 6.45) is 4.59. The SMILES string of the molecule is CC[C@@H](C)C(=O)NC1CCC1. The van der Waals surface area contributed by atoms with Crippen molar-refractivity contribution in [3.8, 4) is 0 Å². The molecule has 1 aliphatic carbocycles. The van der Waals surface area contributed by atoms with E-state index in [0.717, 1.165) is 6.42 Å². The highest BCUT2D eigenvalue weighted by molar-refractivity contribution is 5.78. The predicted molar refractivity (Wildman–Crippen MR) is 45.2 cm³/mol. The van der Waals surface area contributed by atoms with Gasteiger partial charge in [0.05, 0.1) is 0 Å². The normalized spacial score (nSPS) is 20.5. The maximum absolute atomic E-state index is 11.3. The molecule has 0 aliphatic heterocycles. The van der Waals surface area contributed by atoms with Gasteiger partial charge in [0.2, 0.25) is 5.91 Å². The van der Waals surface area contributed by atoms with E-state index >= 15 is 0 Å². The van der Waals surface area contributed by atoms with Gasteiger partial charge in [0.25, 0.3) is 0 Å². The highest BCUT2D eigenvalue weighted by atomic mass is 16.1. The van der Waals surface area contributed by atoms with Gasteiger partial charge in [0.1, 0.15) is 0 Å². The molecule has 0 spiro atoms. The van der Waals surface area contributed by atoms with Gasteiger partial charge >= 0.3 is 0 Å². The summed E-state index contributed by atoms with van der Waals surface area (Å²) >= 11 is 0. The van der Waals surface area contributed by atoms with Gasteiger partial charge in [-0.05, 0) is 25.7 Å². The van der Waals surface area contributed by atoms with Crippen LogP contribution in [0, 0.1) is 5.92 Å².